The molecule has 0 spiro atoms. The highest BCUT2D eigenvalue weighted by molar-refractivity contribution is 7.20. The summed E-state index contributed by atoms with van der Waals surface area (Å²) in [5.41, 5.74) is 20.1. The molecule has 0 aliphatic rings. The average Bonchev–Trinajstić information content (AvgIpc) is 3.23. The van der Waals surface area contributed by atoms with Gasteiger partial charge in [-0.15, -0.1) is 0 Å². The maximum atomic E-state index is 2.47. The van der Waals surface area contributed by atoms with Gasteiger partial charge in [0.25, 0.3) is 0 Å². The molecule has 0 radical (unpaired) electrons. The standard InChI is InChI=1S/C57H56B2Si/c1-39-24-33-55(43(5)34-39)59(57-46(8)37-41(3)38-47(57)9)49-27-31-53(32-28-49)60(50-19-12-10-13-20-50,51-21-14-11-15-22-51)52-29-25-48(26-30-52)58(54-23-17-16-18-42(54)4)56-44(6)35-40(2)36-45(56)7/h10-38H,1-9H3. The van der Waals surface area contributed by atoms with Gasteiger partial charge in [0.05, 0.1) is 0 Å². The fraction of sp³-hybridized carbons (Fsp3) is 0.158. The van der Waals surface area contributed by atoms with Crippen LogP contribution in [0, 0.1) is 62.3 Å². The number of rotatable bonds is 10. The van der Waals surface area contributed by atoms with Crippen LogP contribution in [0.3, 0.4) is 0 Å². The number of hydrogen-bond donors (Lipinski definition) is 0. The van der Waals surface area contributed by atoms with Gasteiger partial charge in [-0.3, -0.25) is 0 Å². The summed E-state index contributed by atoms with van der Waals surface area (Å²) in [6.07, 6.45) is 0. The normalized spacial score (nSPS) is 11.4. The highest BCUT2D eigenvalue weighted by atomic mass is 28.3. The third kappa shape index (κ3) is 7.57. The van der Waals surface area contributed by atoms with Crippen molar-refractivity contribution >= 4 is 75.0 Å². The molecule has 0 amide bonds. The van der Waals surface area contributed by atoms with Gasteiger partial charge in [0.2, 0.25) is 13.4 Å². The molecule has 8 aromatic rings. The van der Waals surface area contributed by atoms with Crippen molar-refractivity contribution in [3.63, 3.8) is 0 Å². The molecule has 0 aromatic heterocycles. The molecular formula is C57H56B2Si. The van der Waals surface area contributed by atoms with Crippen molar-refractivity contribution < 1.29 is 0 Å². The molecule has 3 heteroatoms. The van der Waals surface area contributed by atoms with Crippen LogP contribution in [-0.2, 0) is 0 Å². The Kier molecular flexibility index (Phi) is 11.6. The molecule has 60 heavy (non-hydrogen) atoms. The van der Waals surface area contributed by atoms with Crippen LogP contribution < -0.4 is 53.5 Å². The first kappa shape index (κ1) is 40.9. The minimum absolute atomic E-state index is 0.121. The minimum Gasteiger partial charge on any atom is -0.0686 e. The molecular weight excluding hydrogens is 734 g/mol. The third-order valence-electron chi connectivity index (χ3n) is 13.1. The predicted molar refractivity (Wildman–Crippen MR) is 268 cm³/mol. The van der Waals surface area contributed by atoms with Crippen molar-refractivity contribution in [1.82, 2.24) is 0 Å². The Morgan fingerprint density at radius 1 is 0.283 bits per heavy atom. The Morgan fingerprint density at radius 2 is 0.633 bits per heavy atom. The molecule has 0 unspecified atom stereocenters. The fourth-order valence-electron chi connectivity index (χ4n) is 10.6. The Morgan fingerprint density at radius 3 is 1.03 bits per heavy atom. The summed E-state index contributed by atoms with van der Waals surface area (Å²) in [6, 6.07) is 67.6. The van der Waals surface area contributed by atoms with Gasteiger partial charge in [0.15, 0.2) is 8.07 Å². The third-order valence-corrected chi connectivity index (χ3v) is 17.9. The molecule has 0 nitrogen and oxygen atoms in total. The zero-order chi connectivity index (χ0) is 42.1. The van der Waals surface area contributed by atoms with Gasteiger partial charge < -0.3 is 0 Å². The molecule has 8 rings (SSSR count). The highest BCUT2D eigenvalue weighted by Crippen LogP contribution is 2.14. The van der Waals surface area contributed by atoms with Crippen molar-refractivity contribution in [2.75, 3.05) is 0 Å². The molecule has 0 aliphatic carbocycles. The van der Waals surface area contributed by atoms with E-state index in [2.05, 4.69) is 238 Å². The van der Waals surface area contributed by atoms with E-state index in [1.807, 2.05) is 0 Å². The molecule has 294 valence electrons. The summed E-state index contributed by atoms with van der Waals surface area (Å²) in [5.74, 6) is 0. The van der Waals surface area contributed by atoms with E-state index >= 15 is 0 Å². The van der Waals surface area contributed by atoms with E-state index in [4.69, 9.17) is 0 Å². The van der Waals surface area contributed by atoms with Gasteiger partial charge in [-0.2, -0.15) is 0 Å². The van der Waals surface area contributed by atoms with Gasteiger partial charge in [0.1, 0.15) is 0 Å². The SMILES string of the molecule is Cc1ccc(B(c2ccc([Si](c3ccccc3)(c3ccccc3)c3ccc(B(c4ccccc4C)c4c(C)cc(C)cc4C)cc3)cc2)c2c(C)cc(C)cc2C)c(C)c1. The minimum atomic E-state index is -2.82. The molecule has 0 heterocycles. The van der Waals surface area contributed by atoms with Crippen molar-refractivity contribution in [2.24, 2.45) is 0 Å². The second kappa shape index (κ2) is 17.0. The van der Waals surface area contributed by atoms with Crippen LogP contribution in [0.25, 0.3) is 0 Å². The van der Waals surface area contributed by atoms with Crippen LogP contribution in [0.2, 0.25) is 0 Å². The van der Waals surface area contributed by atoms with Gasteiger partial charge in [-0.25, -0.2) is 0 Å². The molecule has 0 aliphatic heterocycles. The van der Waals surface area contributed by atoms with Gasteiger partial charge in [-0.1, -0.05) is 259 Å². The van der Waals surface area contributed by atoms with Crippen molar-refractivity contribution in [3.05, 3.63) is 226 Å². The van der Waals surface area contributed by atoms with Crippen LogP contribution in [0.4, 0.5) is 0 Å². The van der Waals surface area contributed by atoms with E-state index < -0.39 is 8.07 Å². The Labute approximate surface area is 361 Å². The highest BCUT2D eigenvalue weighted by Gasteiger charge is 2.42. The molecule has 0 atom stereocenters. The molecule has 0 saturated carbocycles. The molecule has 0 fully saturated rings. The lowest BCUT2D eigenvalue weighted by atomic mass is 9.35. The molecule has 0 saturated heterocycles. The van der Waals surface area contributed by atoms with Crippen LogP contribution in [0.5, 0.6) is 0 Å². The lowest BCUT2D eigenvalue weighted by Gasteiger charge is -2.35. The molecule has 0 bridgehead atoms. The van der Waals surface area contributed by atoms with Gasteiger partial charge in [-0.05, 0) is 83.1 Å². The topological polar surface area (TPSA) is 0 Å². The second-order valence-corrected chi connectivity index (χ2v) is 21.2. The van der Waals surface area contributed by atoms with Crippen LogP contribution >= 0.6 is 0 Å². The fourth-order valence-corrected chi connectivity index (χ4v) is 15.3. The first-order chi connectivity index (χ1) is 29.0. The van der Waals surface area contributed by atoms with E-state index in [1.165, 1.54) is 104 Å². The largest absolute Gasteiger partial charge is 0.242 e. The number of benzene rings is 8. The summed E-state index contributed by atoms with van der Waals surface area (Å²) in [7, 11) is -2.82. The van der Waals surface area contributed by atoms with Gasteiger partial charge in [0, 0.05) is 0 Å². The van der Waals surface area contributed by atoms with Gasteiger partial charge >= 0.3 is 0 Å². The second-order valence-electron chi connectivity index (χ2n) is 17.4. The summed E-state index contributed by atoms with van der Waals surface area (Å²) in [4.78, 5) is 0. The Bertz CT molecular complexity index is 2700. The average molecular weight is 791 g/mol. The predicted octanol–water partition coefficient (Wildman–Crippen LogP) is 6.87. The number of hydrogen-bond acceptors (Lipinski definition) is 0. The van der Waals surface area contributed by atoms with Crippen molar-refractivity contribution in [1.29, 1.82) is 0 Å². The Hall–Kier alpha value is -5.89. The van der Waals surface area contributed by atoms with E-state index in [-0.39, 0.29) is 13.4 Å². The summed E-state index contributed by atoms with van der Waals surface area (Å²) in [6.45, 7) is 20.5. The lowest BCUT2D eigenvalue weighted by molar-refractivity contribution is 1.35. The first-order valence-electron chi connectivity index (χ1n) is 21.6. The number of aryl methyl sites for hydroxylation is 9. The smallest absolute Gasteiger partial charge is 0.0686 e. The quantitative estimate of drug-likeness (QED) is 0.105. The van der Waals surface area contributed by atoms with Crippen molar-refractivity contribution in [3.8, 4) is 0 Å². The van der Waals surface area contributed by atoms with E-state index in [0.29, 0.717) is 0 Å². The first-order valence-corrected chi connectivity index (χ1v) is 23.6. The maximum Gasteiger partial charge on any atom is 0.242 e. The molecule has 0 N–H and O–H groups in total. The summed E-state index contributed by atoms with van der Waals surface area (Å²) >= 11 is 0. The van der Waals surface area contributed by atoms with Crippen LogP contribution in [-0.4, -0.2) is 21.5 Å². The van der Waals surface area contributed by atoms with Crippen LogP contribution in [0.15, 0.2) is 176 Å². The van der Waals surface area contributed by atoms with E-state index in [1.54, 1.807) is 0 Å². The lowest BCUT2D eigenvalue weighted by Crippen LogP contribution is -2.75. The van der Waals surface area contributed by atoms with E-state index in [0.717, 1.165) is 0 Å². The zero-order valence-corrected chi connectivity index (χ0v) is 37.9. The molecule has 8 aromatic carbocycles. The maximum absolute atomic E-state index is 2.82. The summed E-state index contributed by atoms with van der Waals surface area (Å²) < 4.78 is 0. The van der Waals surface area contributed by atoms with E-state index in [9.17, 15) is 0 Å². The monoisotopic (exact) mass is 790 g/mol. The van der Waals surface area contributed by atoms with Crippen molar-refractivity contribution in [2.45, 2.75) is 62.3 Å². The zero-order valence-electron chi connectivity index (χ0n) is 36.9. The Balaban J connectivity index is 1.34. The summed E-state index contributed by atoms with van der Waals surface area (Å²) in [5, 5.41) is 5.53. The van der Waals surface area contributed by atoms with Crippen LogP contribution in [0.1, 0.15) is 50.1 Å².